The first-order valence-corrected chi connectivity index (χ1v) is 7.04. The van der Waals surface area contributed by atoms with Crippen LogP contribution in [0.4, 0.5) is 9.18 Å². The number of urea groups is 1. The lowest BCUT2D eigenvalue weighted by Gasteiger charge is -2.14. The summed E-state index contributed by atoms with van der Waals surface area (Å²) < 4.78 is 12.7. The molecule has 0 aromatic heterocycles. The third kappa shape index (κ3) is 6.74. The SMILES string of the molecule is CCCC[C@H](NC(=O)NCCc1ccc(F)cc1)C(=O)O. The summed E-state index contributed by atoms with van der Waals surface area (Å²) in [5.41, 5.74) is 0.900. The highest BCUT2D eigenvalue weighted by Crippen LogP contribution is 2.03. The second kappa shape index (κ2) is 8.94. The fourth-order valence-electron chi connectivity index (χ4n) is 1.85. The summed E-state index contributed by atoms with van der Waals surface area (Å²) in [7, 11) is 0. The molecule has 6 heteroatoms. The number of carboxylic acids is 1. The Morgan fingerprint density at radius 3 is 2.52 bits per heavy atom. The van der Waals surface area contributed by atoms with Crippen molar-refractivity contribution in [2.75, 3.05) is 6.54 Å². The van der Waals surface area contributed by atoms with Gasteiger partial charge in [0.1, 0.15) is 11.9 Å². The van der Waals surface area contributed by atoms with Gasteiger partial charge in [-0.25, -0.2) is 14.0 Å². The minimum atomic E-state index is -1.03. The fraction of sp³-hybridized carbons (Fsp3) is 0.467. The van der Waals surface area contributed by atoms with Gasteiger partial charge in [-0.05, 0) is 30.5 Å². The molecule has 0 bridgehead atoms. The van der Waals surface area contributed by atoms with Crippen LogP contribution in [-0.2, 0) is 11.2 Å². The number of halogens is 1. The van der Waals surface area contributed by atoms with Gasteiger partial charge in [0.25, 0.3) is 0 Å². The molecule has 0 heterocycles. The van der Waals surface area contributed by atoms with E-state index in [2.05, 4.69) is 10.6 Å². The first kappa shape index (κ1) is 16.9. The summed E-state index contributed by atoms with van der Waals surface area (Å²) >= 11 is 0. The number of unbranched alkanes of at least 4 members (excludes halogenated alkanes) is 1. The normalized spacial score (nSPS) is 11.7. The van der Waals surface area contributed by atoms with E-state index in [1.807, 2.05) is 6.92 Å². The lowest BCUT2D eigenvalue weighted by atomic mass is 10.1. The Balaban J connectivity index is 2.32. The van der Waals surface area contributed by atoms with Crippen LogP contribution >= 0.6 is 0 Å². The second-order valence-corrected chi connectivity index (χ2v) is 4.81. The molecule has 2 amide bonds. The molecule has 1 aromatic carbocycles. The van der Waals surface area contributed by atoms with E-state index in [1.54, 1.807) is 12.1 Å². The minimum Gasteiger partial charge on any atom is -0.480 e. The Labute approximate surface area is 123 Å². The van der Waals surface area contributed by atoms with Gasteiger partial charge in [0.15, 0.2) is 0 Å². The molecule has 3 N–H and O–H groups in total. The Kier molecular flexibility index (Phi) is 7.21. The van der Waals surface area contributed by atoms with Crippen LogP contribution in [0.5, 0.6) is 0 Å². The molecule has 0 radical (unpaired) electrons. The second-order valence-electron chi connectivity index (χ2n) is 4.81. The molecule has 116 valence electrons. The average Bonchev–Trinajstić information content (AvgIpc) is 2.45. The third-order valence-corrected chi connectivity index (χ3v) is 3.06. The fourth-order valence-corrected chi connectivity index (χ4v) is 1.85. The maximum Gasteiger partial charge on any atom is 0.326 e. The molecular weight excluding hydrogens is 275 g/mol. The van der Waals surface area contributed by atoms with E-state index in [9.17, 15) is 14.0 Å². The molecule has 1 aromatic rings. The van der Waals surface area contributed by atoms with Crippen molar-refractivity contribution in [3.63, 3.8) is 0 Å². The van der Waals surface area contributed by atoms with Crippen molar-refractivity contribution in [1.29, 1.82) is 0 Å². The predicted octanol–water partition coefficient (Wildman–Crippen LogP) is 2.31. The Morgan fingerprint density at radius 1 is 1.29 bits per heavy atom. The zero-order valence-electron chi connectivity index (χ0n) is 12.1. The number of rotatable bonds is 8. The molecule has 0 fully saturated rings. The van der Waals surface area contributed by atoms with Crippen LogP contribution < -0.4 is 10.6 Å². The lowest BCUT2D eigenvalue weighted by Crippen LogP contribution is -2.46. The average molecular weight is 296 g/mol. The molecule has 0 aliphatic rings. The first-order chi connectivity index (χ1) is 10.0. The number of aliphatic carboxylic acids is 1. The van der Waals surface area contributed by atoms with E-state index in [4.69, 9.17) is 5.11 Å². The molecule has 0 saturated carbocycles. The molecular formula is C15H21FN2O3. The number of benzene rings is 1. The maximum absolute atomic E-state index is 12.7. The van der Waals surface area contributed by atoms with Crippen molar-refractivity contribution < 1.29 is 19.1 Å². The predicted molar refractivity (Wildman–Crippen MR) is 77.6 cm³/mol. The van der Waals surface area contributed by atoms with Crippen molar-refractivity contribution in [2.45, 2.75) is 38.6 Å². The maximum atomic E-state index is 12.7. The minimum absolute atomic E-state index is 0.301. The van der Waals surface area contributed by atoms with Gasteiger partial charge in [-0.2, -0.15) is 0 Å². The molecule has 0 unspecified atom stereocenters. The summed E-state index contributed by atoms with van der Waals surface area (Å²) in [6, 6.07) is 4.66. The van der Waals surface area contributed by atoms with E-state index in [0.717, 1.165) is 18.4 Å². The standard InChI is InChI=1S/C15H21FN2O3/c1-2-3-4-13(14(19)20)18-15(21)17-10-9-11-5-7-12(16)8-6-11/h5-8,13H,2-4,9-10H2,1H3,(H,19,20)(H2,17,18,21)/t13-/m0/s1. The highest BCUT2D eigenvalue weighted by molar-refractivity contribution is 5.82. The van der Waals surface area contributed by atoms with Crippen molar-refractivity contribution in [2.24, 2.45) is 0 Å². The number of amides is 2. The zero-order valence-corrected chi connectivity index (χ0v) is 12.1. The Hall–Kier alpha value is -2.11. The number of carboxylic acid groups (broad SMARTS) is 1. The molecule has 0 saturated heterocycles. The molecule has 1 atom stereocenters. The van der Waals surface area contributed by atoms with Crippen LogP contribution in [0, 0.1) is 5.82 Å². The number of hydrogen-bond acceptors (Lipinski definition) is 2. The van der Waals surface area contributed by atoms with Gasteiger partial charge in [0.05, 0.1) is 0 Å². The van der Waals surface area contributed by atoms with Crippen molar-refractivity contribution in [3.05, 3.63) is 35.6 Å². The van der Waals surface area contributed by atoms with Gasteiger partial charge < -0.3 is 15.7 Å². The summed E-state index contributed by atoms with van der Waals surface area (Å²) in [6.07, 6.45) is 2.59. The van der Waals surface area contributed by atoms with E-state index in [1.165, 1.54) is 12.1 Å². The summed E-state index contributed by atoms with van der Waals surface area (Å²) in [4.78, 5) is 22.6. The van der Waals surface area contributed by atoms with Crippen molar-refractivity contribution in [1.82, 2.24) is 10.6 Å². The monoisotopic (exact) mass is 296 g/mol. The quantitative estimate of drug-likeness (QED) is 0.689. The van der Waals surface area contributed by atoms with Gasteiger partial charge >= 0.3 is 12.0 Å². The van der Waals surface area contributed by atoms with Gasteiger partial charge in [0.2, 0.25) is 0 Å². The van der Waals surface area contributed by atoms with Crippen molar-refractivity contribution in [3.8, 4) is 0 Å². The van der Waals surface area contributed by atoms with Gasteiger partial charge in [-0.1, -0.05) is 31.9 Å². The van der Waals surface area contributed by atoms with Crippen molar-refractivity contribution >= 4 is 12.0 Å². The molecule has 21 heavy (non-hydrogen) atoms. The van der Waals surface area contributed by atoms with Crippen LogP contribution in [-0.4, -0.2) is 29.7 Å². The summed E-state index contributed by atoms with van der Waals surface area (Å²) in [5, 5.41) is 14.0. The van der Waals surface area contributed by atoms with Crippen LogP contribution in [0.3, 0.4) is 0 Å². The van der Waals surface area contributed by atoms with Crippen LogP contribution in [0.1, 0.15) is 31.7 Å². The highest BCUT2D eigenvalue weighted by atomic mass is 19.1. The van der Waals surface area contributed by atoms with Crippen LogP contribution in [0.2, 0.25) is 0 Å². The molecule has 5 nitrogen and oxygen atoms in total. The van der Waals surface area contributed by atoms with E-state index in [-0.39, 0.29) is 5.82 Å². The molecule has 0 aliphatic heterocycles. The molecule has 0 aliphatic carbocycles. The number of nitrogens with one attached hydrogen (secondary N) is 2. The first-order valence-electron chi connectivity index (χ1n) is 7.04. The molecule has 0 spiro atoms. The Bertz CT molecular complexity index is 462. The van der Waals surface area contributed by atoms with Crippen LogP contribution in [0.25, 0.3) is 0 Å². The lowest BCUT2D eigenvalue weighted by molar-refractivity contribution is -0.139. The van der Waals surface area contributed by atoms with Gasteiger partial charge in [-0.3, -0.25) is 0 Å². The third-order valence-electron chi connectivity index (χ3n) is 3.06. The number of carbonyl (C=O) groups excluding carboxylic acids is 1. The van der Waals surface area contributed by atoms with E-state index >= 15 is 0 Å². The smallest absolute Gasteiger partial charge is 0.326 e. The summed E-state index contributed by atoms with van der Waals surface area (Å²) in [6.45, 7) is 2.32. The Morgan fingerprint density at radius 2 is 1.95 bits per heavy atom. The van der Waals surface area contributed by atoms with Gasteiger partial charge in [-0.15, -0.1) is 0 Å². The number of carbonyl (C=O) groups is 2. The van der Waals surface area contributed by atoms with Gasteiger partial charge in [0, 0.05) is 6.54 Å². The summed E-state index contributed by atoms with van der Waals surface area (Å²) in [5.74, 6) is -1.33. The van der Waals surface area contributed by atoms with E-state index < -0.39 is 18.0 Å². The topological polar surface area (TPSA) is 78.4 Å². The number of hydrogen-bond donors (Lipinski definition) is 3. The zero-order chi connectivity index (χ0) is 15.7. The largest absolute Gasteiger partial charge is 0.480 e. The molecule has 1 rings (SSSR count). The highest BCUT2D eigenvalue weighted by Gasteiger charge is 2.18. The van der Waals surface area contributed by atoms with Crippen LogP contribution in [0.15, 0.2) is 24.3 Å². The van der Waals surface area contributed by atoms with E-state index in [0.29, 0.717) is 19.4 Å².